The van der Waals surface area contributed by atoms with Gasteiger partial charge in [0.2, 0.25) is 0 Å². The fraction of sp³-hybridized carbons (Fsp3) is 0.500. The molecule has 0 atom stereocenters. The third kappa shape index (κ3) is 23.0. The van der Waals surface area contributed by atoms with Gasteiger partial charge in [-0.1, -0.05) is 37.6 Å². The molecule has 3 amide bonds. The maximum absolute atomic E-state index is 12.0. The first-order valence-corrected chi connectivity index (χ1v) is 11.0. The van der Waals surface area contributed by atoms with Gasteiger partial charge in [0.05, 0.1) is 17.7 Å². The van der Waals surface area contributed by atoms with E-state index >= 15 is 0 Å². The number of allylic oxidation sites excluding steroid dienone is 2. The Morgan fingerprint density at radius 3 is 2.17 bits per heavy atom. The molecule has 0 bridgehead atoms. The first kappa shape index (κ1) is 42.7. The van der Waals surface area contributed by atoms with Crippen LogP contribution in [0.5, 0.6) is 0 Å². The standard InChI is InChI=1S/C24H36N4O5.3Rb/c1-4-6-22(30)26-11-5-13-33-14-12-27-23(31)17-24(32)28-20-9-7-19(8-10-20)16-21(29)15-18(2)25-3;;;/h7-10,15H,4-6,11-14,16-17H2,1-3H3,(H4,25,26,27,28,29,30,31,32);;;/q;3*+1/p-3. The summed E-state index contributed by atoms with van der Waals surface area (Å²) < 4.78 is 5.34. The molecule has 0 aliphatic rings. The number of amides is 3. The van der Waals surface area contributed by atoms with E-state index in [1.54, 1.807) is 31.3 Å². The van der Waals surface area contributed by atoms with E-state index in [-0.39, 0.29) is 206 Å². The maximum atomic E-state index is 12.0. The Morgan fingerprint density at radius 2 is 1.56 bits per heavy atom. The van der Waals surface area contributed by atoms with E-state index < -0.39 is 18.2 Å². The number of hydrogen-bond acceptors (Lipinski definition) is 6. The molecule has 9 nitrogen and oxygen atoms in total. The largest absolute Gasteiger partial charge is 1.00 e. The van der Waals surface area contributed by atoms with Crippen molar-refractivity contribution in [2.24, 2.45) is 0 Å². The second kappa shape index (κ2) is 27.4. The Hall–Kier alpha value is 2.22. The summed E-state index contributed by atoms with van der Waals surface area (Å²) in [4.78, 5) is 46.9. The number of hydrogen-bond donors (Lipinski definition) is 1. The van der Waals surface area contributed by atoms with Crippen LogP contribution in [-0.2, 0) is 30.3 Å². The van der Waals surface area contributed by atoms with Gasteiger partial charge >= 0.3 is 175 Å². The van der Waals surface area contributed by atoms with Crippen molar-refractivity contribution >= 4 is 29.2 Å². The molecule has 182 valence electrons. The number of rotatable bonds is 16. The van der Waals surface area contributed by atoms with E-state index in [1.807, 2.05) is 13.8 Å². The molecule has 0 radical (unpaired) electrons. The molecule has 0 aliphatic heterocycles. The van der Waals surface area contributed by atoms with Gasteiger partial charge in [0, 0.05) is 44.9 Å². The molecule has 36 heavy (non-hydrogen) atoms. The predicted molar refractivity (Wildman–Crippen MR) is 127 cm³/mol. The van der Waals surface area contributed by atoms with Crippen LogP contribution in [0.15, 0.2) is 36.0 Å². The smallest absolute Gasteiger partial charge is 0.653 e. The van der Waals surface area contributed by atoms with Crippen molar-refractivity contribution < 1.29 is 198 Å². The monoisotopic (exact) mass is 712 g/mol. The minimum absolute atomic E-state index is 0. The Labute approximate surface area is 361 Å². The van der Waals surface area contributed by atoms with Crippen LogP contribution in [0.25, 0.3) is 16.0 Å². The number of nitrogens with zero attached hydrogens (tertiary/aromatic N) is 3. The number of carbonyl (C=O) groups is 4. The van der Waals surface area contributed by atoms with Gasteiger partial charge in [-0.25, -0.2) is 0 Å². The van der Waals surface area contributed by atoms with Crippen molar-refractivity contribution in [3.63, 3.8) is 0 Å². The Bertz CT molecular complexity index is 820. The Kier molecular flexibility index (Phi) is 32.5. The van der Waals surface area contributed by atoms with Crippen LogP contribution in [0.1, 0.15) is 45.1 Å². The zero-order valence-electron chi connectivity index (χ0n) is 22.6. The van der Waals surface area contributed by atoms with E-state index in [0.717, 1.165) is 17.7 Å². The number of benzene rings is 1. The maximum Gasteiger partial charge on any atom is 1.00 e. The van der Waals surface area contributed by atoms with Gasteiger partial charge in [-0.05, 0) is 25.3 Å². The van der Waals surface area contributed by atoms with E-state index in [0.29, 0.717) is 31.7 Å². The number of ether oxygens (including phenoxy) is 1. The molecule has 0 aliphatic carbocycles. The Morgan fingerprint density at radius 1 is 0.917 bits per heavy atom. The van der Waals surface area contributed by atoms with Gasteiger partial charge in [0.25, 0.3) is 0 Å². The van der Waals surface area contributed by atoms with Crippen LogP contribution < -0.4 is 180 Å². The number of ketones is 1. The zero-order valence-corrected chi connectivity index (χ0v) is 37.4. The van der Waals surface area contributed by atoms with Gasteiger partial charge in [0.15, 0.2) is 5.78 Å². The summed E-state index contributed by atoms with van der Waals surface area (Å²) in [5.41, 5.74) is 2.00. The second-order valence-corrected chi connectivity index (χ2v) is 7.34. The molecule has 1 rings (SSSR count). The van der Waals surface area contributed by atoms with E-state index in [1.165, 1.54) is 6.08 Å². The summed E-state index contributed by atoms with van der Waals surface area (Å²) in [5.74, 6) is -1.26. The van der Waals surface area contributed by atoms with E-state index in [4.69, 9.17) is 4.74 Å². The zero-order chi connectivity index (χ0) is 24.5. The SMILES string of the molecule is CCCC(=O)[N-]CCCOCC[N-]C(=O)CC(=O)[N-]c1ccc(CC(=O)/C=C(/C)NC)cc1.[Rb+].[Rb+].[Rb+]. The van der Waals surface area contributed by atoms with Gasteiger partial charge < -0.3 is 40.4 Å². The average Bonchev–Trinajstić information content (AvgIpc) is 2.76. The fourth-order valence-corrected chi connectivity index (χ4v) is 2.62. The molecule has 0 spiro atoms. The van der Waals surface area contributed by atoms with Crippen molar-refractivity contribution in [3.8, 4) is 0 Å². The molecular weight excluding hydrogens is 681 g/mol. The van der Waals surface area contributed by atoms with Crippen LogP contribution in [-0.4, -0.2) is 56.9 Å². The van der Waals surface area contributed by atoms with Crippen molar-refractivity contribution in [1.29, 1.82) is 0 Å². The van der Waals surface area contributed by atoms with Crippen LogP contribution in [0, 0.1) is 0 Å². The molecule has 0 saturated heterocycles. The van der Waals surface area contributed by atoms with Crippen molar-refractivity contribution in [2.45, 2.75) is 46.0 Å². The van der Waals surface area contributed by atoms with Crippen molar-refractivity contribution in [1.82, 2.24) is 5.32 Å². The second-order valence-electron chi connectivity index (χ2n) is 7.34. The number of carbonyl (C=O) groups excluding carboxylic acids is 4. The summed E-state index contributed by atoms with van der Waals surface area (Å²) in [5, 5.41) is 14.5. The molecule has 1 aromatic carbocycles. The predicted octanol–water partition coefficient (Wildman–Crippen LogP) is -5.14. The van der Waals surface area contributed by atoms with Crippen molar-refractivity contribution in [2.75, 3.05) is 33.4 Å². The molecule has 1 N–H and O–H groups in total. The first-order valence-electron chi connectivity index (χ1n) is 11.0. The third-order valence-corrected chi connectivity index (χ3v) is 4.37. The Balaban J connectivity index is -0.00000363. The van der Waals surface area contributed by atoms with E-state index in [2.05, 4.69) is 21.3 Å². The van der Waals surface area contributed by atoms with Gasteiger partial charge in [0.1, 0.15) is 0 Å². The topological polar surface area (TPSA) is 132 Å². The fourth-order valence-electron chi connectivity index (χ4n) is 2.62. The molecule has 12 heteroatoms. The van der Waals surface area contributed by atoms with Gasteiger partial charge in [-0.3, -0.25) is 4.79 Å². The molecule has 0 heterocycles. The molecule has 0 saturated carbocycles. The van der Waals surface area contributed by atoms with Gasteiger partial charge in [-0.15, -0.1) is 18.8 Å². The molecule has 0 unspecified atom stereocenters. The minimum atomic E-state index is -0.584. The van der Waals surface area contributed by atoms with Crippen LogP contribution in [0.4, 0.5) is 5.69 Å². The van der Waals surface area contributed by atoms with Crippen LogP contribution in [0.2, 0.25) is 0 Å². The van der Waals surface area contributed by atoms with Gasteiger partial charge in [-0.2, -0.15) is 0 Å². The third-order valence-electron chi connectivity index (χ3n) is 4.37. The number of nitrogens with one attached hydrogen (secondary N) is 1. The molecule has 0 aromatic heterocycles. The summed E-state index contributed by atoms with van der Waals surface area (Å²) in [6, 6.07) is 6.71. The average molecular weight is 714 g/mol. The quantitative estimate of drug-likeness (QED) is 0.104. The summed E-state index contributed by atoms with van der Waals surface area (Å²) >= 11 is 0. The van der Waals surface area contributed by atoms with Crippen LogP contribution >= 0.6 is 0 Å². The van der Waals surface area contributed by atoms with E-state index in [9.17, 15) is 19.2 Å². The summed E-state index contributed by atoms with van der Waals surface area (Å²) in [7, 11) is 1.75. The molecule has 1 aromatic rings. The normalized spacial score (nSPS) is 10.0. The first-order chi connectivity index (χ1) is 15.8. The van der Waals surface area contributed by atoms with Crippen LogP contribution in [0.3, 0.4) is 0 Å². The summed E-state index contributed by atoms with van der Waals surface area (Å²) in [6.07, 6.45) is 3.25. The molecule has 0 fully saturated rings. The summed E-state index contributed by atoms with van der Waals surface area (Å²) in [6.45, 7) is 5.00. The minimum Gasteiger partial charge on any atom is -0.653 e. The molecular formula is C24H33N4O5Rb3. The van der Waals surface area contributed by atoms with Crippen molar-refractivity contribution in [3.05, 3.63) is 57.6 Å².